The van der Waals surface area contributed by atoms with Gasteiger partial charge in [-0.15, -0.1) is 0 Å². The minimum absolute atomic E-state index is 0.302. The van der Waals surface area contributed by atoms with Crippen molar-refractivity contribution in [3.63, 3.8) is 0 Å². The van der Waals surface area contributed by atoms with Gasteiger partial charge in [-0.05, 0) is 46.6 Å². The lowest BCUT2D eigenvalue weighted by Gasteiger charge is -2.32. The molecule has 4 nitrogen and oxygen atoms in total. The van der Waals surface area contributed by atoms with Gasteiger partial charge in [-0.2, -0.15) is 0 Å². The first-order valence-corrected chi connectivity index (χ1v) is 7.45. The third-order valence-corrected chi connectivity index (χ3v) is 4.79. The van der Waals surface area contributed by atoms with Crippen molar-refractivity contribution in [3.8, 4) is 0 Å². The predicted octanol–water partition coefficient (Wildman–Crippen LogP) is 1.98. The summed E-state index contributed by atoms with van der Waals surface area (Å²) in [5, 5.41) is 0. The summed E-state index contributed by atoms with van der Waals surface area (Å²) in [4.78, 5) is 6.66. The molecule has 108 valence electrons. The standard InChI is InChI=1S/C15H23BN2O2/c1-14(2)15(3,4)20-16(19-14)12-7-8-17-11-13(12)18-9-5-6-10-18/h7-8,11H,5-6,9-10H2,1-4H3. The van der Waals surface area contributed by atoms with Crippen molar-refractivity contribution < 1.29 is 9.31 Å². The van der Waals surface area contributed by atoms with Gasteiger partial charge in [-0.25, -0.2) is 0 Å². The fraction of sp³-hybridized carbons (Fsp3) is 0.667. The van der Waals surface area contributed by atoms with E-state index in [0.29, 0.717) is 0 Å². The molecule has 0 amide bonds. The molecule has 5 heteroatoms. The Kier molecular flexibility index (Phi) is 3.29. The maximum absolute atomic E-state index is 6.17. The van der Waals surface area contributed by atoms with Gasteiger partial charge in [0.1, 0.15) is 0 Å². The smallest absolute Gasteiger partial charge is 0.399 e. The lowest BCUT2D eigenvalue weighted by molar-refractivity contribution is 0.00578. The van der Waals surface area contributed by atoms with E-state index in [2.05, 4.69) is 37.6 Å². The first-order chi connectivity index (χ1) is 9.41. The van der Waals surface area contributed by atoms with E-state index < -0.39 is 0 Å². The molecule has 0 radical (unpaired) electrons. The highest BCUT2D eigenvalue weighted by Crippen LogP contribution is 2.37. The van der Waals surface area contributed by atoms with Crippen LogP contribution in [0, 0.1) is 0 Å². The van der Waals surface area contributed by atoms with E-state index in [4.69, 9.17) is 9.31 Å². The molecule has 1 aromatic heterocycles. The maximum Gasteiger partial charge on any atom is 0.497 e. The zero-order valence-electron chi connectivity index (χ0n) is 12.8. The number of pyridine rings is 1. The Balaban J connectivity index is 1.92. The molecule has 0 unspecified atom stereocenters. The second-order valence-corrected chi connectivity index (χ2v) is 6.72. The Hall–Kier alpha value is -1.07. The molecule has 0 bridgehead atoms. The molecule has 0 atom stereocenters. The number of hydrogen-bond donors (Lipinski definition) is 0. The summed E-state index contributed by atoms with van der Waals surface area (Å²) in [6.07, 6.45) is 6.25. The molecule has 3 heterocycles. The Morgan fingerprint density at radius 3 is 2.30 bits per heavy atom. The molecule has 0 saturated carbocycles. The highest BCUT2D eigenvalue weighted by atomic mass is 16.7. The van der Waals surface area contributed by atoms with E-state index in [0.717, 1.165) is 24.2 Å². The Morgan fingerprint density at radius 2 is 1.70 bits per heavy atom. The van der Waals surface area contributed by atoms with Gasteiger partial charge in [0.05, 0.1) is 16.9 Å². The van der Waals surface area contributed by atoms with E-state index in [-0.39, 0.29) is 18.3 Å². The molecule has 3 rings (SSSR count). The van der Waals surface area contributed by atoms with Crippen LogP contribution in [0.2, 0.25) is 0 Å². The molecule has 2 fully saturated rings. The fourth-order valence-corrected chi connectivity index (χ4v) is 2.79. The largest absolute Gasteiger partial charge is 0.497 e. The Morgan fingerprint density at radius 1 is 1.10 bits per heavy atom. The van der Waals surface area contributed by atoms with Crippen LogP contribution < -0.4 is 10.4 Å². The van der Waals surface area contributed by atoms with Crippen LogP contribution in [-0.4, -0.2) is 36.4 Å². The number of aromatic nitrogens is 1. The van der Waals surface area contributed by atoms with Crippen LogP contribution in [0.15, 0.2) is 18.5 Å². The average Bonchev–Trinajstić information content (AvgIpc) is 2.97. The summed E-state index contributed by atoms with van der Waals surface area (Å²) in [7, 11) is -0.307. The summed E-state index contributed by atoms with van der Waals surface area (Å²) in [6.45, 7) is 10.5. The quantitative estimate of drug-likeness (QED) is 0.772. The fourth-order valence-electron chi connectivity index (χ4n) is 2.79. The summed E-state index contributed by atoms with van der Waals surface area (Å²) in [5.74, 6) is 0. The van der Waals surface area contributed by atoms with Crippen LogP contribution in [0.4, 0.5) is 5.69 Å². The van der Waals surface area contributed by atoms with E-state index in [1.807, 2.05) is 18.5 Å². The number of rotatable bonds is 2. The minimum atomic E-state index is -0.307. The van der Waals surface area contributed by atoms with Crippen molar-refractivity contribution in [2.75, 3.05) is 18.0 Å². The van der Waals surface area contributed by atoms with Crippen molar-refractivity contribution in [2.45, 2.75) is 51.7 Å². The lowest BCUT2D eigenvalue weighted by Crippen LogP contribution is -2.41. The molecule has 0 aliphatic carbocycles. The highest BCUT2D eigenvalue weighted by molar-refractivity contribution is 6.63. The molecule has 0 aromatic carbocycles. The number of hydrogen-bond acceptors (Lipinski definition) is 4. The van der Waals surface area contributed by atoms with Gasteiger partial charge in [-0.1, -0.05) is 0 Å². The molecular weight excluding hydrogens is 251 g/mol. The Labute approximate surface area is 121 Å². The molecule has 1 aromatic rings. The molecular formula is C15H23BN2O2. The average molecular weight is 274 g/mol. The SMILES string of the molecule is CC1(C)OB(c2ccncc2N2CCCC2)OC1(C)C. The van der Waals surface area contributed by atoms with Crippen LogP contribution in [0.5, 0.6) is 0 Å². The van der Waals surface area contributed by atoms with Crippen LogP contribution in [0.3, 0.4) is 0 Å². The van der Waals surface area contributed by atoms with E-state index >= 15 is 0 Å². The molecule has 0 spiro atoms. The van der Waals surface area contributed by atoms with Crippen molar-refractivity contribution in [1.82, 2.24) is 4.98 Å². The second kappa shape index (κ2) is 4.74. The molecule has 0 N–H and O–H groups in total. The molecule has 2 saturated heterocycles. The zero-order valence-corrected chi connectivity index (χ0v) is 12.8. The van der Waals surface area contributed by atoms with Crippen molar-refractivity contribution in [2.24, 2.45) is 0 Å². The summed E-state index contributed by atoms with van der Waals surface area (Å²) < 4.78 is 12.3. The normalized spacial score (nSPS) is 24.4. The minimum Gasteiger partial charge on any atom is -0.399 e. The third-order valence-electron chi connectivity index (χ3n) is 4.79. The van der Waals surface area contributed by atoms with Gasteiger partial charge in [-0.3, -0.25) is 4.98 Å². The van der Waals surface area contributed by atoms with Crippen LogP contribution in [0.1, 0.15) is 40.5 Å². The third kappa shape index (κ3) is 2.23. The van der Waals surface area contributed by atoms with Gasteiger partial charge in [0.2, 0.25) is 0 Å². The first kappa shape index (κ1) is 13.9. The monoisotopic (exact) mass is 274 g/mol. The first-order valence-electron chi connectivity index (χ1n) is 7.45. The topological polar surface area (TPSA) is 34.6 Å². The maximum atomic E-state index is 6.17. The number of nitrogens with zero attached hydrogens (tertiary/aromatic N) is 2. The predicted molar refractivity (Wildman–Crippen MR) is 81.4 cm³/mol. The van der Waals surface area contributed by atoms with Crippen molar-refractivity contribution >= 4 is 18.3 Å². The van der Waals surface area contributed by atoms with E-state index in [1.54, 1.807) is 0 Å². The summed E-state index contributed by atoms with van der Waals surface area (Å²) in [5.41, 5.74) is 1.65. The van der Waals surface area contributed by atoms with Gasteiger partial charge in [0.15, 0.2) is 0 Å². The van der Waals surface area contributed by atoms with Crippen molar-refractivity contribution in [1.29, 1.82) is 0 Å². The molecule has 20 heavy (non-hydrogen) atoms. The Bertz CT molecular complexity index is 482. The van der Waals surface area contributed by atoms with Crippen LogP contribution >= 0.6 is 0 Å². The highest BCUT2D eigenvalue weighted by Gasteiger charge is 2.52. The lowest BCUT2D eigenvalue weighted by atomic mass is 9.78. The van der Waals surface area contributed by atoms with E-state index in [9.17, 15) is 0 Å². The zero-order chi connectivity index (χ0) is 14.4. The van der Waals surface area contributed by atoms with Gasteiger partial charge in [0.25, 0.3) is 0 Å². The van der Waals surface area contributed by atoms with Crippen LogP contribution in [0.25, 0.3) is 0 Å². The van der Waals surface area contributed by atoms with Gasteiger partial charge < -0.3 is 14.2 Å². The van der Waals surface area contributed by atoms with Gasteiger partial charge >= 0.3 is 7.12 Å². The van der Waals surface area contributed by atoms with Crippen molar-refractivity contribution in [3.05, 3.63) is 18.5 Å². The second-order valence-electron chi connectivity index (χ2n) is 6.72. The van der Waals surface area contributed by atoms with Crippen LogP contribution in [-0.2, 0) is 9.31 Å². The summed E-state index contributed by atoms with van der Waals surface area (Å²) in [6, 6.07) is 2.02. The molecule has 2 aliphatic heterocycles. The van der Waals surface area contributed by atoms with Gasteiger partial charge in [0, 0.05) is 30.9 Å². The molecule has 2 aliphatic rings. The van der Waals surface area contributed by atoms with E-state index in [1.165, 1.54) is 12.8 Å². The number of anilines is 1. The summed E-state index contributed by atoms with van der Waals surface area (Å²) >= 11 is 0.